The Hall–Kier alpha value is -1.89. The zero-order valence-corrected chi connectivity index (χ0v) is 12.6. The summed E-state index contributed by atoms with van der Waals surface area (Å²) in [6.45, 7) is 0. The molecule has 1 aromatic heterocycles. The fourth-order valence-electron chi connectivity index (χ4n) is 1.88. The lowest BCUT2D eigenvalue weighted by molar-refractivity contribution is 0.355. The van der Waals surface area contributed by atoms with E-state index in [1.807, 2.05) is 23.7 Å². The van der Waals surface area contributed by atoms with Crippen molar-refractivity contribution in [1.29, 1.82) is 5.41 Å². The fraction of sp³-hybridized carbons (Fsp3) is 0.385. The first-order chi connectivity index (χ1) is 9.56. The minimum atomic E-state index is 0.194. The highest BCUT2D eigenvalue weighted by atomic mass is 32.2. The average molecular weight is 294 g/mol. The molecule has 2 aromatic rings. The van der Waals surface area contributed by atoms with Gasteiger partial charge < -0.3 is 19.8 Å². The summed E-state index contributed by atoms with van der Waals surface area (Å²) in [5.74, 6) is 2.28. The summed E-state index contributed by atoms with van der Waals surface area (Å²) in [5.41, 5.74) is 7.19. The normalized spacial score (nSPS) is 10.8. The smallest absolute Gasteiger partial charge is 0.168 e. The third kappa shape index (κ3) is 2.82. The highest BCUT2D eigenvalue weighted by Gasteiger charge is 2.13. The Morgan fingerprint density at radius 1 is 1.35 bits per heavy atom. The Balaban J connectivity index is 2.34. The quantitative estimate of drug-likeness (QED) is 0.483. The van der Waals surface area contributed by atoms with E-state index < -0.39 is 0 Å². The van der Waals surface area contributed by atoms with Crippen molar-refractivity contribution in [2.45, 2.75) is 11.6 Å². The first kappa shape index (κ1) is 14.5. The number of nitrogens with two attached hydrogens (primary N) is 1. The number of aromatic nitrogens is 2. The van der Waals surface area contributed by atoms with Gasteiger partial charge in [0.15, 0.2) is 16.7 Å². The van der Waals surface area contributed by atoms with Crippen LogP contribution in [0, 0.1) is 5.41 Å². The molecular weight excluding hydrogens is 276 g/mol. The van der Waals surface area contributed by atoms with Gasteiger partial charge in [0.1, 0.15) is 0 Å². The average Bonchev–Trinajstić information content (AvgIpc) is 2.73. The lowest BCUT2D eigenvalue weighted by atomic mass is 10.2. The molecule has 0 aliphatic carbocycles. The van der Waals surface area contributed by atoms with Crippen LogP contribution in [0.5, 0.6) is 11.5 Å². The van der Waals surface area contributed by atoms with Gasteiger partial charge in [-0.05, 0) is 0 Å². The molecule has 0 radical (unpaired) electrons. The Kier molecular flexibility index (Phi) is 4.39. The number of thioether (sulfide) groups is 1. The molecule has 0 aliphatic heterocycles. The van der Waals surface area contributed by atoms with Crippen LogP contribution in [-0.2, 0) is 7.05 Å². The van der Waals surface area contributed by atoms with E-state index in [1.165, 1.54) is 0 Å². The van der Waals surface area contributed by atoms with Gasteiger partial charge in [0, 0.05) is 31.4 Å². The molecule has 20 heavy (non-hydrogen) atoms. The molecule has 3 N–H and O–H groups in total. The summed E-state index contributed by atoms with van der Waals surface area (Å²) >= 11 is 1.58. The molecule has 2 rings (SSSR count). The lowest BCUT2D eigenvalue weighted by Crippen LogP contribution is -2.10. The molecule has 1 heterocycles. The van der Waals surface area contributed by atoms with E-state index in [0.29, 0.717) is 17.9 Å². The molecule has 0 aliphatic rings. The summed E-state index contributed by atoms with van der Waals surface area (Å²) < 4.78 is 12.6. The molecule has 0 unspecified atom stereocenters. The van der Waals surface area contributed by atoms with Gasteiger partial charge >= 0.3 is 0 Å². The van der Waals surface area contributed by atoms with Gasteiger partial charge in [0.2, 0.25) is 0 Å². The summed E-state index contributed by atoms with van der Waals surface area (Å²) in [7, 11) is 5.18. The molecule has 6 nitrogen and oxygen atoms in total. The standard InChI is InChI=1S/C13H18N4O2S/c1-17-9-7-11(19-3)10(18-2)6-8(9)16-13(17)20-5-4-12(14)15/h6-7H,4-5H2,1-3H3,(H3,14,15). The Morgan fingerprint density at radius 3 is 2.60 bits per heavy atom. The maximum absolute atomic E-state index is 7.23. The number of nitrogens with zero attached hydrogens (tertiary/aromatic N) is 2. The zero-order chi connectivity index (χ0) is 14.7. The van der Waals surface area contributed by atoms with Crippen LogP contribution in [-0.4, -0.2) is 35.4 Å². The number of rotatable bonds is 6. The van der Waals surface area contributed by atoms with Gasteiger partial charge in [-0.15, -0.1) is 0 Å². The maximum Gasteiger partial charge on any atom is 0.168 e. The lowest BCUT2D eigenvalue weighted by Gasteiger charge is -2.07. The van der Waals surface area contributed by atoms with Gasteiger partial charge in [-0.3, -0.25) is 5.41 Å². The van der Waals surface area contributed by atoms with Crippen molar-refractivity contribution in [3.8, 4) is 11.5 Å². The summed E-state index contributed by atoms with van der Waals surface area (Å²) in [6, 6.07) is 3.78. The third-order valence-corrected chi connectivity index (χ3v) is 3.98. The monoisotopic (exact) mass is 294 g/mol. The van der Waals surface area contributed by atoms with Crippen molar-refractivity contribution in [1.82, 2.24) is 9.55 Å². The van der Waals surface area contributed by atoms with Gasteiger partial charge in [-0.25, -0.2) is 4.98 Å². The molecule has 1 aromatic carbocycles. The van der Waals surface area contributed by atoms with Crippen LogP contribution in [0.3, 0.4) is 0 Å². The van der Waals surface area contributed by atoms with Crippen LogP contribution in [0.25, 0.3) is 11.0 Å². The fourth-order valence-corrected chi connectivity index (χ4v) is 2.84. The SMILES string of the molecule is COc1cc2nc(SCCC(=N)N)n(C)c2cc1OC. The highest BCUT2D eigenvalue weighted by Crippen LogP contribution is 2.33. The molecule has 0 saturated heterocycles. The predicted octanol–water partition coefficient (Wildman–Crippen LogP) is 2.01. The zero-order valence-electron chi connectivity index (χ0n) is 11.8. The number of aryl methyl sites for hydroxylation is 1. The predicted molar refractivity (Wildman–Crippen MR) is 81.1 cm³/mol. The van der Waals surface area contributed by atoms with Crippen molar-refractivity contribution in [2.75, 3.05) is 20.0 Å². The van der Waals surface area contributed by atoms with Crippen molar-refractivity contribution in [3.63, 3.8) is 0 Å². The number of imidazole rings is 1. The van der Waals surface area contributed by atoms with E-state index in [2.05, 4.69) is 4.98 Å². The number of fused-ring (bicyclic) bond motifs is 1. The maximum atomic E-state index is 7.23. The highest BCUT2D eigenvalue weighted by molar-refractivity contribution is 7.99. The van der Waals surface area contributed by atoms with Crippen LogP contribution >= 0.6 is 11.8 Å². The van der Waals surface area contributed by atoms with Crippen LogP contribution in [0.4, 0.5) is 0 Å². The van der Waals surface area contributed by atoms with Crippen molar-refractivity contribution >= 4 is 28.6 Å². The number of hydrogen-bond acceptors (Lipinski definition) is 5. The minimum Gasteiger partial charge on any atom is -0.493 e. The van der Waals surface area contributed by atoms with Crippen LogP contribution < -0.4 is 15.2 Å². The number of nitrogens with one attached hydrogen (secondary N) is 1. The third-order valence-electron chi connectivity index (χ3n) is 2.95. The number of hydrogen-bond donors (Lipinski definition) is 2. The molecule has 0 spiro atoms. The second-order valence-corrected chi connectivity index (χ2v) is 5.34. The molecule has 7 heteroatoms. The van der Waals surface area contributed by atoms with E-state index in [9.17, 15) is 0 Å². The summed E-state index contributed by atoms with van der Waals surface area (Å²) in [4.78, 5) is 4.57. The van der Waals surface area contributed by atoms with E-state index in [-0.39, 0.29) is 5.84 Å². The topological polar surface area (TPSA) is 86.1 Å². The molecule has 0 amide bonds. The van der Waals surface area contributed by atoms with Crippen molar-refractivity contribution in [3.05, 3.63) is 12.1 Å². The Labute approximate surface area is 121 Å². The molecule has 0 bridgehead atoms. The van der Waals surface area contributed by atoms with Gasteiger partial charge in [-0.2, -0.15) is 0 Å². The van der Waals surface area contributed by atoms with Gasteiger partial charge in [-0.1, -0.05) is 11.8 Å². The molecule has 0 atom stereocenters. The molecule has 108 valence electrons. The van der Waals surface area contributed by atoms with E-state index in [4.69, 9.17) is 20.6 Å². The van der Waals surface area contributed by atoms with Gasteiger partial charge in [0.05, 0.1) is 31.1 Å². The van der Waals surface area contributed by atoms with Gasteiger partial charge in [0.25, 0.3) is 0 Å². The number of ether oxygens (including phenoxy) is 2. The number of methoxy groups -OCH3 is 2. The number of amidine groups is 1. The number of benzene rings is 1. The van der Waals surface area contributed by atoms with E-state index in [1.54, 1.807) is 26.0 Å². The summed E-state index contributed by atoms with van der Waals surface area (Å²) in [5, 5.41) is 8.12. The molecule has 0 fully saturated rings. The first-order valence-electron chi connectivity index (χ1n) is 6.11. The van der Waals surface area contributed by atoms with Crippen LogP contribution in [0.15, 0.2) is 17.3 Å². The van der Waals surface area contributed by atoms with Crippen LogP contribution in [0.2, 0.25) is 0 Å². The Bertz CT molecular complexity index is 639. The summed E-state index contributed by atoms with van der Waals surface area (Å²) in [6.07, 6.45) is 0.556. The second-order valence-electron chi connectivity index (χ2n) is 4.27. The van der Waals surface area contributed by atoms with Crippen LogP contribution in [0.1, 0.15) is 6.42 Å². The largest absolute Gasteiger partial charge is 0.493 e. The second kappa shape index (κ2) is 6.04. The van der Waals surface area contributed by atoms with E-state index >= 15 is 0 Å². The molecule has 0 saturated carbocycles. The minimum absolute atomic E-state index is 0.194. The first-order valence-corrected chi connectivity index (χ1v) is 7.09. The van der Waals surface area contributed by atoms with E-state index in [0.717, 1.165) is 21.9 Å². The Morgan fingerprint density at radius 2 is 2.00 bits per heavy atom. The van der Waals surface area contributed by atoms with Crippen molar-refractivity contribution in [2.24, 2.45) is 12.8 Å². The van der Waals surface area contributed by atoms with Crippen molar-refractivity contribution < 1.29 is 9.47 Å². The molecular formula is C13H18N4O2S.